The van der Waals surface area contributed by atoms with Gasteiger partial charge in [0.25, 0.3) is 5.91 Å². The van der Waals surface area contributed by atoms with Crippen LogP contribution in [0.2, 0.25) is 0 Å². The van der Waals surface area contributed by atoms with Gasteiger partial charge in [-0.25, -0.2) is 0 Å². The van der Waals surface area contributed by atoms with Crippen molar-refractivity contribution in [1.29, 1.82) is 0 Å². The van der Waals surface area contributed by atoms with Crippen molar-refractivity contribution in [1.82, 2.24) is 10.3 Å². The monoisotopic (exact) mass is 322 g/mol. The van der Waals surface area contributed by atoms with Crippen LogP contribution in [0.4, 0.5) is 0 Å². The molecule has 0 fully saturated rings. The molecule has 0 spiro atoms. The summed E-state index contributed by atoms with van der Waals surface area (Å²) in [6.07, 6.45) is 0.803. The molecule has 24 heavy (non-hydrogen) atoms. The normalized spacial score (nSPS) is 10.8. The molecule has 2 N–H and O–H groups in total. The summed E-state index contributed by atoms with van der Waals surface area (Å²) < 4.78 is 5.11. The minimum absolute atomic E-state index is 0.0636. The van der Waals surface area contributed by atoms with Gasteiger partial charge in [-0.2, -0.15) is 0 Å². The van der Waals surface area contributed by atoms with Gasteiger partial charge in [-0.1, -0.05) is 11.6 Å². The lowest BCUT2D eigenvalue weighted by molar-refractivity contribution is 0.0954. The van der Waals surface area contributed by atoms with Crippen LogP contribution in [0.15, 0.2) is 42.5 Å². The minimum Gasteiger partial charge on any atom is -0.497 e. The van der Waals surface area contributed by atoms with E-state index in [4.69, 9.17) is 4.74 Å². The Morgan fingerprint density at radius 1 is 1.12 bits per heavy atom. The fourth-order valence-electron chi connectivity index (χ4n) is 2.96. The molecule has 0 saturated heterocycles. The molecule has 0 aliphatic carbocycles. The summed E-state index contributed by atoms with van der Waals surface area (Å²) in [5, 5.41) is 4.23. The van der Waals surface area contributed by atoms with E-state index in [9.17, 15) is 4.79 Å². The number of hydrogen-bond donors (Lipinski definition) is 2. The Morgan fingerprint density at radius 3 is 2.58 bits per heavy atom. The summed E-state index contributed by atoms with van der Waals surface area (Å²) in [4.78, 5) is 15.6. The van der Waals surface area contributed by atoms with Gasteiger partial charge in [0.05, 0.1) is 7.11 Å². The first-order chi connectivity index (χ1) is 11.6. The van der Waals surface area contributed by atoms with Crippen molar-refractivity contribution in [2.75, 3.05) is 13.7 Å². The Kier molecular flexibility index (Phi) is 4.56. The van der Waals surface area contributed by atoms with Crippen LogP contribution in [0.5, 0.6) is 5.75 Å². The van der Waals surface area contributed by atoms with Gasteiger partial charge >= 0.3 is 0 Å². The SMILES string of the molecule is COc1ccc(C(=O)NCCc2c(C)[nH]c3ccc(C)cc23)cc1. The number of carbonyl (C=O) groups excluding carboxylic acids is 1. The summed E-state index contributed by atoms with van der Waals surface area (Å²) >= 11 is 0. The van der Waals surface area contributed by atoms with Gasteiger partial charge in [0, 0.05) is 28.7 Å². The fourth-order valence-corrected chi connectivity index (χ4v) is 2.96. The highest BCUT2D eigenvalue weighted by Gasteiger charge is 2.10. The number of aryl methyl sites for hydroxylation is 2. The van der Waals surface area contributed by atoms with Crippen LogP contribution in [0.3, 0.4) is 0 Å². The fraction of sp³-hybridized carbons (Fsp3) is 0.250. The molecule has 0 radical (unpaired) electrons. The first-order valence-electron chi connectivity index (χ1n) is 8.08. The van der Waals surface area contributed by atoms with E-state index in [-0.39, 0.29) is 5.91 Å². The van der Waals surface area contributed by atoms with Crippen LogP contribution in [0.1, 0.15) is 27.2 Å². The topological polar surface area (TPSA) is 54.1 Å². The van der Waals surface area contributed by atoms with Crippen LogP contribution >= 0.6 is 0 Å². The van der Waals surface area contributed by atoms with E-state index in [1.54, 1.807) is 31.4 Å². The zero-order valence-electron chi connectivity index (χ0n) is 14.3. The van der Waals surface area contributed by atoms with Crippen molar-refractivity contribution in [3.8, 4) is 5.75 Å². The average molecular weight is 322 g/mol. The maximum atomic E-state index is 12.2. The highest BCUT2D eigenvalue weighted by molar-refractivity contribution is 5.94. The Morgan fingerprint density at radius 2 is 1.88 bits per heavy atom. The van der Waals surface area contributed by atoms with E-state index >= 15 is 0 Å². The molecular formula is C20H22N2O2. The van der Waals surface area contributed by atoms with Crippen LogP contribution in [-0.4, -0.2) is 24.5 Å². The average Bonchev–Trinajstić information content (AvgIpc) is 2.90. The molecule has 0 unspecified atom stereocenters. The summed E-state index contributed by atoms with van der Waals surface area (Å²) in [7, 11) is 1.61. The number of fused-ring (bicyclic) bond motifs is 1. The summed E-state index contributed by atoms with van der Waals surface area (Å²) in [6.45, 7) is 4.78. The predicted octanol–water partition coefficient (Wildman–Crippen LogP) is 3.77. The van der Waals surface area contributed by atoms with E-state index < -0.39 is 0 Å². The van der Waals surface area contributed by atoms with Crippen molar-refractivity contribution >= 4 is 16.8 Å². The molecule has 1 heterocycles. The molecule has 3 aromatic rings. The first-order valence-corrected chi connectivity index (χ1v) is 8.08. The number of carbonyl (C=O) groups is 1. The number of aromatic amines is 1. The summed E-state index contributed by atoms with van der Waals surface area (Å²) in [5.41, 5.74) is 5.46. The lowest BCUT2D eigenvalue weighted by Crippen LogP contribution is -2.25. The predicted molar refractivity (Wildman–Crippen MR) is 96.8 cm³/mol. The van der Waals surface area contributed by atoms with Crippen molar-refractivity contribution in [2.24, 2.45) is 0 Å². The lowest BCUT2D eigenvalue weighted by atomic mass is 10.1. The lowest BCUT2D eigenvalue weighted by Gasteiger charge is -2.07. The Balaban J connectivity index is 1.66. The Bertz CT molecular complexity index is 863. The molecule has 0 saturated carbocycles. The molecule has 0 bridgehead atoms. The van der Waals surface area contributed by atoms with Crippen LogP contribution in [0, 0.1) is 13.8 Å². The number of H-pyrrole nitrogens is 1. The maximum Gasteiger partial charge on any atom is 0.251 e. The number of nitrogens with one attached hydrogen (secondary N) is 2. The standard InChI is InChI=1S/C20H22N2O2/c1-13-4-9-19-18(12-13)17(14(2)22-19)10-11-21-20(23)15-5-7-16(24-3)8-6-15/h4-9,12,22H,10-11H2,1-3H3,(H,21,23). The largest absolute Gasteiger partial charge is 0.497 e. The zero-order chi connectivity index (χ0) is 17.1. The van der Waals surface area contributed by atoms with Crippen molar-refractivity contribution in [3.05, 3.63) is 64.8 Å². The second-order valence-corrected chi connectivity index (χ2v) is 6.01. The van der Waals surface area contributed by atoms with E-state index in [1.807, 2.05) is 0 Å². The minimum atomic E-state index is -0.0636. The molecule has 4 nitrogen and oxygen atoms in total. The van der Waals surface area contributed by atoms with Crippen LogP contribution in [-0.2, 0) is 6.42 Å². The van der Waals surface area contributed by atoms with E-state index in [1.165, 1.54) is 16.5 Å². The third kappa shape index (κ3) is 3.27. The van der Waals surface area contributed by atoms with Crippen molar-refractivity contribution in [2.45, 2.75) is 20.3 Å². The second-order valence-electron chi connectivity index (χ2n) is 6.01. The third-order valence-corrected chi connectivity index (χ3v) is 4.29. The number of aromatic nitrogens is 1. The molecule has 3 rings (SSSR count). The molecule has 1 amide bonds. The number of rotatable bonds is 5. The van der Waals surface area contributed by atoms with Gasteiger partial charge in [-0.05, 0) is 62.2 Å². The summed E-state index contributed by atoms with van der Waals surface area (Å²) in [5.74, 6) is 0.683. The molecule has 124 valence electrons. The van der Waals surface area contributed by atoms with E-state index in [0.29, 0.717) is 12.1 Å². The third-order valence-electron chi connectivity index (χ3n) is 4.29. The molecular weight excluding hydrogens is 300 g/mol. The van der Waals surface area contributed by atoms with Gasteiger partial charge < -0.3 is 15.0 Å². The van der Waals surface area contributed by atoms with Crippen LogP contribution in [0.25, 0.3) is 10.9 Å². The quantitative estimate of drug-likeness (QED) is 0.751. The molecule has 0 atom stereocenters. The summed E-state index contributed by atoms with van der Waals surface area (Å²) in [6, 6.07) is 13.5. The van der Waals surface area contributed by atoms with Gasteiger partial charge in [-0.3, -0.25) is 4.79 Å². The molecule has 2 aromatic carbocycles. The maximum absolute atomic E-state index is 12.2. The van der Waals surface area contributed by atoms with Crippen molar-refractivity contribution in [3.63, 3.8) is 0 Å². The zero-order valence-corrected chi connectivity index (χ0v) is 14.3. The molecule has 1 aromatic heterocycles. The van der Waals surface area contributed by atoms with Gasteiger partial charge in [0.2, 0.25) is 0 Å². The number of methoxy groups -OCH3 is 1. The Labute approximate surface area is 141 Å². The Hall–Kier alpha value is -2.75. The highest BCUT2D eigenvalue weighted by Crippen LogP contribution is 2.23. The molecule has 0 aliphatic heterocycles. The van der Waals surface area contributed by atoms with Crippen molar-refractivity contribution < 1.29 is 9.53 Å². The first kappa shape index (κ1) is 16.1. The van der Waals surface area contributed by atoms with Gasteiger partial charge in [-0.15, -0.1) is 0 Å². The van der Waals surface area contributed by atoms with Crippen LogP contribution < -0.4 is 10.1 Å². The number of ether oxygens (including phenoxy) is 1. The number of hydrogen-bond acceptors (Lipinski definition) is 2. The number of benzene rings is 2. The molecule has 4 heteroatoms. The number of amides is 1. The highest BCUT2D eigenvalue weighted by atomic mass is 16.5. The molecule has 0 aliphatic rings. The van der Waals surface area contributed by atoms with Gasteiger partial charge in [0.15, 0.2) is 0 Å². The van der Waals surface area contributed by atoms with Gasteiger partial charge in [0.1, 0.15) is 5.75 Å². The smallest absolute Gasteiger partial charge is 0.251 e. The van der Waals surface area contributed by atoms with E-state index in [0.717, 1.165) is 23.4 Å². The second kappa shape index (κ2) is 6.79. The van der Waals surface area contributed by atoms with E-state index in [2.05, 4.69) is 42.3 Å².